The molecule has 0 aromatic carbocycles. The average molecular weight is 158 g/mol. The molecule has 1 aliphatic heterocycles. The van der Waals surface area contributed by atoms with Crippen molar-refractivity contribution in [3.05, 3.63) is 0 Å². The second-order valence-electron chi connectivity index (χ2n) is 4.25. The van der Waals surface area contributed by atoms with E-state index in [9.17, 15) is 0 Å². The monoisotopic (exact) mass is 158 g/mol. The molecule has 0 aliphatic carbocycles. The van der Waals surface area contributed by atoms with E-state index in [4.69, 9.17) is 9.47 Å². The first-order chi connectivity index (χ1) is 4.99. The second kappa shape index (κ2) is 3.11. The quantitative estimate of drug-likeness (QED) is 0.613. The zero-order valence-electron chi connectivity index (χ0n) is 7.89. The van der Waals surface area contributed by atoms with E-state index < -0.39 is 0 Å². The van der Waals surface area contributed by atoms with Crippen LogP contribution in [0.4, 0.5) is 0 Å². The summed E-state index contributed by atoms with van der Waals surface area (Å²) < 4.78 is 11.1. The van der Waals surface area contributed by atoms with Gasteiger partial charge in [0.25, 0.3) is 0 Å². The molecule has 66 valence electrons. The molecule has 11 heavy (non-hydrogen) atoms. The molecule has 0 saturated carbocycles. The lowest BCUT2D eigenvalue weighted by atomic mass is 10.1. The van der Waals surface area contributed by atoms with Gasteiger partial charge in [-0.2, -0.15) is 0 Å². The molecule has 0 bridgehead atoms. The SMILES string of the molecule is CC(C)C[C@H]1OCC(C)(C)O1. The van der Waals surface area contributed by atoms with Crippen molar-refractivity contribution in [3.63, 3.8) is 0 Å². The lowest BCUT2D eigenvalue weighted by Gasteiger charge is -2.16. The second-order valence-corrected chi connectivity index (χ2v) is 4.25. The molecule has 1 heterocycles. The molecule has 1 saturated heterocycles. The summed E-state index contributed by atoms with van der Waals surface area (Å²) in [6, 6.07) is 0. The van der Waals surface area contributed by atoms with Crippen LogP contribution in [0.1, 0.15) is 34.1 Å². The zero-order chi connectivity index (χ0) is 8.48. The Hall–Kier alpha value is -0.0800. The number of ether oxygens (including phenoxy) is 2. The third-order valence-corrected chi connectivity index (χ3v) is 1.73. The molecule has 2 heteroatoms. The Bertz CT molecular complexity index is 130. The molecule has 0 N–H and O–H groups in total. The van der Waals surface area contributed by atoms with Crippen LogP contribution in [0.15, 0.2) is 0 Å². The molecule has 0 amide bonds. The molecule has 0 spiro atoms. The van der Waals surface area contributed by atoms with E-state index in [0.717, 1.165) is 13.0 Å². The standard InChI is InChI=1S/C9H18O2/c1-7(2)5-8-10-6-9(3,4)11-8/h7-8H,5-6H2,1-4H3/t8-/m0/s1. The summed E-state index contributed by atoms with van der Waals surface area (Å²) in [7, 11) is 0. The summed E-state index contributed by atoms with van der Waals surface area (Å²) in [4.78, 5) is 0. The maximum Gasteiger partial charge on any atom is 0.158 e. The normalized spacial score (nSPS) is 29.7. The molecule has 0 unspecified atom stereocenters. The maximum absolute atomic E-state index is 5.64. The predicted octanol–water partition coefficient (Wildman–Crippen LogP) is 2.18. The molecule has 0 radical (unpaired) electrons. The fourth-order valence-corrected chi connectivity index (χ4v) is 1.22. The minimum Gasteiger partial charge on any atom is -0.350 e. The van der Waals surface area contributed by atoms with Crippen molar-refractivity contribution in [1.29, 1.82) is 0 Å². The van der Waals surface area contributed by atoms with Crippen LogP contribution in [0, 0.1) is 5.92 Å². The minimum absolute atomic E-state index is 0.0324. The van der Waals surface area contributed by atoms with Crippen molar-refractivity contribution in [3.8, 4) is 0 Å². The van der Waals surface area contributed by atoms with Crippen LogP contribution in [-0.2, 0) is 9.47 Å². The van der Waals surface area contributed by atoms with Crippen molar-refractivity contribution in [2.45, 2.75) is 46.0 Å². The topological polar surface area (TPSA) is 18.5 Å². The van der Waals surface area contributed by atoms with Gasteiger partial charge in [-0.05, 0) is 19.8 Å². The van der Waals surface area contributed by atoms with Crippen molar-refractivity contribution in [2.75, 3.05) is 6.61 Å². The molecule has 1 atom stereocenters. The largest absolute Gasteiger partial charge is 0.350 e. The third-order valence-electron chi connectivity index (χ3n) is 1.73. The lowest BCUT2D eigenvalue weighted by Crippen LogP contribution is -2.23. The van der Waals surface area contributed by atoms with Gasteiger partial charge < -0.3 is 9.47 Å². The average Bonchev–Trinajstić information content (AvgIpc) is 2.08. The Morgan fingerprint density at radius 3 is 2.45 bits per heavy atom. The first-order valence-corrected chi connectivity index (χ1v) is 4.29. The summed E-state index contributed by atoms with van der Waals surface area (Å²) in [5.41, 5.74) is -0.0699. The van der Waals surface area contributed by atoms with Crippen LogP contribution in [0.25, 0.3) is 0 Å². The summed E-state index contributed by atoms with van der Waals surface area (Å²) >= 11 is 0. The van der Waals surface area contributed by atoms with E-state index in [0.29, 0.717) is 5.92 Å². The van der Waals surface area contributed by atoms with Crippen LogP contribution < -0.4 is 0 Å². The van der Waals surface area contributed by atoms with Gasteiger partial charge in [0, 0.05) is 6.42 Å². The van der Waals surface area contributed by atoms with E-state index >= 15 is 0 Å². The Labute approximate surface area is 68.9 Å². The van der Waals surface area contributed by atoms with Crippen molar-refractivity contribution in [1.82, 2.24) is 0 Å². The molecule has 0 aromatic heterocycles. The van der Waals surface area contributed by atoms with Gasteiger partial charge in [-0.1, -0.05) is 13.8 Å². The van der Waals surface area contributed by atoms with Crippen LogP contribution in [0.3, 0.4) is 0 Å². The highest BCUT2D eigenvalue weighted by Gasteiger charge is 2.32. The van der Waals surface area contributed by atoms with Crippen molar-refractivity contribution < 1.29 is 9.47 Å². The van der Waals surface area contributed by atoms with Gasteiger partial charge in [-0.15, -0.1) is 0 Å². The fourth-order valence-electron chi connectivity index (χ4n) is 1.22. The Morgan fingerprint density at radius 1 is 1.45 bits per heavy atom. The van der Waals surface area contributed by atoms with Gasteiger partial charge in [0.1, 0.15) is 0 Å². The van der Waals surface area contributed by atoms with Gasteiger partial charge in [0.05, 0.1) is 12.2 Å². The summed E-state index contributed by atoms with van der Waals surface area (Å²) in [6.45, 7) is 9.21. The van der Waals surface area contributed by atoms with E-state index in [1.807, 2.05) is 0 Å². The Morgan fingerprint density at radius 2 is 2.09 bits per heavy atom. The molecular formula is C9H18O2. The number of hydrogen-bond acceptors (Lipinski definition) is 2. The highest BCUT2D eigenvalue weighted by molar-refractivity contribution is 4.74. The Kier molecular flexibility index (Phi) is 2.55. The van der Waals surface area contributed by atoms with Gasteiger partial charge in [-0.3, -0.25) is 0 Å². The van der Waals surface area contributed by atoms with E-state index in [-0.39, 0.29) is 11.9 Å². The number of hydrogen-bond donors (Lipinski definition) is 0. The molecule has 2 nitrogen and oxygen atoms in total. The zero-order valence-corrected chi connectivity index (χ0v) is 7.89. The molecular weight excluding hydrogens is 140 g/mol. The summed E-state index contributed by atoms with van der Waals surface area (Å²) in [5, 5.41) is 0. The van der Waals surface area contributed by atoms with Crippen LogP contribution in [0.2, 0.25) is 0 Å². The van der Waals surface area contributed by atoms with Crippen LogP contribution >= 0.6 is 0 Å². The van der Waals surface area contributed by atoms with Gasteiger partial charge >= 0.3 is 0 Å². The van der Waals surface area contributed by atoms with Gasteiger partial charge in [-0.25, -0.2) is 0 Å². The Balaban J connectivity index is 2.31. The van der Waals surface area contributed by atoms with Gasteiger partial charge in [0.2, 0.25) is 0 Å². The first kappa shape index (κ1) is 9.01. The van der Waals surface area contributed by atoms with Crippen molar-refractivity contribution in [2.24, 2.45) is 5.92 Å². The first-order valence-electron chi connectivity index (χ1n) is 4.29. The minimum atomic E-state index is -0.0699. The van der Waals surface area contributed by atoms with Crippen molar-refractivity contribution >= 4 is 0 Å². The summed E-state index contributed by atoms with van der Waals surface area (Å²) in [5.74, 6) is 0.647. The van der Waals surface area contributed by atoms with Crippen LogP contribution in [-0.4, -0.2) is 18.5 Å². The van der Waals surface area contributed by atoms with Crippen LogP contribution in [0.5, 0.6) is 0 Å². The van der Waals surface area contributed by atoms with E-state index in [2.05, 4.69) is 27.7 Å². The van der Waals surface area contributed by atoms with E-state index in [1.54, 1.807) is 0 Å². The maximum atomic E-state index is 5.64. The smallest absolute Gasteiger partial charge is 0.158 e. The highest BCUT2D eigenvalue weighted by Crippen LogP contribution is 2.25. The van der Waals surface area contributed by atoms with E-state index in [1.165, 1.54) is 0 Å². The number of rotatable bonds is 2. The molecule has 1 aliphatic rings. The fraction of sp³-hybridized carbons (Fsp3) is 1.00. The van der Waals surface area contributed by atoms with Gasteiger partial charge in [0.15, 0.2) is 6.29 Å². The molecule has 0 aromatic rings. The molecule has 1 rings (SSSR count). The third kappa shape index (κ3) is 2.80. The molecule has 1 fully saturated rings. The lowest BCUT2D eigenvalue weighted by molar-refractivity contribution is -0.0881. The summed E-state index contributed by atoms with van der Waals surface area (Å²) in [6.07, 6.45) is 1.04. The predicted molar refractivity (Wildman–Crippen MR) is 44.4 cm³/mol. The highest BCUT2D eigenvalue weighted by atomic mass is 16.7.